The normalized spacial score (nSPS) is 10.0. The summed E-state index contributed by atoms with van der Waals surface area (Å²) in [6.07, 6.45) is 6.34. The van der Waals surface area contributed by atoms with Crippen molar-refractivity contribution in [1.29, 1.82) is 5.26 Å². The van der Waals surface area contributed by atoms with Gasteiger partial charge in [0.1, 0.15) is 6.07 Å². The van der Waals surface area contributed by atoms with Crippen LogP contribution in [0.2, 0.25) is 0 Å². The molecule has 0 aliphatic carbocycles. The molecule has 20 heavy (non-hydrogen) atoms. The highest BCUT2D eigenvalue weighted by atomic mass is 16.1. The number of Topliss-reactive ketones (excluding diaryl/α,β-unsaturated/α-hetero) is 1. The highest BCUT2D eigenvalue weighted by molar-refractivity contribution is 5.95. The summed E-state index contributed by atoms with van der Waals surface area (Å²) in [4.78, 5) is 15.3. The number of hydrogen-bond donors (Lipinski definition) is 1. The molecule has 0 bridgehead atoms. The molecule has 0 radical (unpaired) electrons. The summed E-state index contributed by atoms with van der Waals surface area (Å²) in [7, 11) is 0. The lowest BCUT2D eigenvalue weighted by Gasteiger charge is -2.09. The lowest BCUT2D eigenvalue weighted by Crippen LogP contribution is -2.07. The quantitative estimate of drug-likeness (QED) is 0.645. The fourth-order valence-corrected chi connectivity index (χ4v) is 1.91. The van der Waals surface area contributed by atoms with Gasteiger partial charge in [-0.15, -0.1) is 0 Å². The van der Waals surface area contributed by atoms with Gasteiger partial charge in [-0.1, -0.05) is 0 Å². The molecule has 1 N–H and O–H groups in total. The maximum Gasteiger partial charge on any atom is 0.159 e. The Labute approximate surface area is 117 Å². The van der Waals surface area contributed by atoms with Crippen molar-refractivity contribution in [3.8, 4) is 6.07 Å². The predicted octanol–water partition coefficient (Wildman–Crippen LogP) is 2.46. The molecule has 1 heterocycles. The second kappa shape index (κ2) is 6.53. The van der Waals surface area contributed by atoms with E-state index in [1.54, 1.807) is 30.7 Å². The Morgan fingerprint density at radius 3 is 3.00 bits per heavy atom. The number of nitriles is 1. The van der Waals surface area contributed by atoms with Crippen molar-refractivity contribution in [2.75, 3.05) is 11.9 Å². The zero-order chi connectivity index (χ0) is 14.4. The van der Waals surface area contributed by atoms with Crippen LogP contribution in [0.15, 0.2) is 36.9 Å². The molecule has 0 saturated heterocycles. The van der Waals surface area contributed by atoms with E-state index in [2.05, 4.69) is 16.4 Å². The highest BCUT2D eigenvalue weighted by Crippen LogP contribution is 2.17. The molecular formula is C15H16N4O. The number of imidazole rings is 1. The first-order chi connectivity index (χ1) is 9.70. The Morgan fingerprint density at radius 1 is 1.50 bits per heavy atom. The van der Waals surface area contributed by atoms with Crippen LogP contribution in [-0.2, 0) is 6.54 Å². The van der Waals surface area contributed by atoms with Crippen molar-refractivity contribution in [3.05, 3.63) is 48.0 Å². The number of hydrogen-bond acceptors (Lipinski definition) is 4. The molecule has 5 heteroatoms. The zero-order valence-corrected chi connectivity index (χ0v) is 11.3. The van der Waals surface area contributed by atoms with E-state index in [9.17, 15) is 4.79 Å². The number of nitrogens with one attached hydrogen (secondary N) is 1. The summed E-state index contributed by atoms with van der Waals surface area (Å²) in [5.74, 6) is -0.00375. The summed E-state index contributed by atoms with van der Waals surface area (Å²) in [6, 6.07) is 7.22. The third-order valence-electron chi connectivity index (χ3n) is 3.01. The van der Waals surface area contributed by atoms with Gasteiger partial charge in [0.25, 0.3) is 0 Å². The van der Waals surface area contributed by atoms with E-state index in [0.717, 1.165) is 19.5 Å². The minimum Gasteiger partial charge on any atom is -0.384 e. The minimum atomic E-state index is -0.00375. The van der Waals surface area contributed by atoms with Gasteiger partial charge >= 0.3 is 0 Å². The van der Waals surface area contributed by atoms with Gasteiger partial charge in [-0.2, -0.15) is 5.26 Å². The lowest BCUT2D eigenvalue weighted by molar-refractivity contribution is 0.101. The highest BCUT2D eigenvalue weighted by Gasteiger charge is 2.06. The Hall–Kier alpha value is -2.61. The first-order valence-corrected chi connectivity index (χ1v) is 6.45. The first kappa shape index (κ1) is 13.8. The van der Waals surface area contributed by atoms with Crippen LogP contribution in [0.25, 0.3) is 0 Å². The summed E-state index contributed by atoms with van der Waals surface area (Å²) >= 11 is 0. The Kier molecular flexibility index (Phi) is 4.51. The summed E-state index contributed by atoms with van der Waals surface area (Å²) in [6.45, 7) is 3.11. The Morgan fingerprint density at radius 2 is 2.35 bits per heavy atom. The number of aromatic nitrogens is 2. The summed E-state index contributed by atoms with van der Waals surface area (Å²) in [5.41, 5.74) is 1.88. The smallest absolute Gasteiger partial charge is 0.159 e. The predicted molar refractivity (Wildman–Crippen MR) is 76.5 cm³/mol. The molecule has 0 saturated carbocycles. The maximum atomic E-state index is 11.4. The third kappa shape index (κ3) is 3.45. The van der Waals surface area contributed by atoms with Crippen molar-refractivity contribution < 1.29 is 4.79 Å². The van der Waals surface area contributed by atoms with Crippen LogP contribution in [-0.4, -0.2) is 21.9 Å². The van der Waals surface area contributed by atoms with Crippen LogP contribution in [0.4, 0.5) is 5.69 Å². The molecular weight excluding hydrogens is 252 g/mol. The number of anilines is 1. The van der Waals surface area contributed by atoms with E-state index in [0.29, 0.717) is 16.8 Å². The van der Waals surface area contributed by atoms with Gasteiger partial charge in [0.2, 0.25) is 0 Å². The van der Waals surface area contributed by atoms with Gasteiger partial charge in [0.15, 0.2) is 5.78 Å². The molecule has 1 aromatic carbocycles. The van der Waals surface area contributed by atoms with E-state index >= 15 is 0 Å². The molecule has 0 aliphatic rings. The summed E-state index contributed by atoms with van der Waals surface area (Å²) < 4.78 is 2.00. The molecule has 0 spiro atoms. The topological polar surface area (TPSA) is 70.7 Å². The van der Waals surface area contributed by atoms with Gasteiger partial charge in [0, 0.05) is 31.0 Å². The standard InChI is InChI=1S/C15H16N4O/c1-12(20)13-3-4-14(10-16)15(9-13)18-5-2-7-19-8-6-17-11-19/h3-4,6,8-9,11,18H,2,5,7H2,1H3. The van der Waals surface area contributed by atoms with Gasteiger partial charge in [-0.05, 0) is 31.5 Å². The Balaban J connectivity index is 1.95. The van der Waals surface area contributed by atoms with Crippen LogP contribution in [0.1, 0.15) is 29.3 Å². The number of nitrogens with zero attached hydrogens (tertiary/aromatic N) is 3. The second-order valence-electron chi connectivity index (χ2n) is 4.51. The Bertz CT molecular complexity index is 626. The average molecular weight is 268 g/mol. The molecule has 102 valence electrons. The molecule has 0 amide bonds. The maximum absolute atomic E-state index is 11.4. The van der Waals surface area contributed by atoms with Gasteiger partial charge in [-0.25, -0.2) is 4.98 Å². The van der Waals surface area contributed by atoms with Crippen molar-refractivity contribution in [1.82, 2.24) is 9.55 Å². The first-order valence-electron chi connectivity index (χ1n) is 6.45. The SMILES string of the molecule is CC(=O)c1ccc(C#N)c(NCCCn2ccnc2)c1. The molecule has 1 aromatic heterocycles. The number of carbonyl (C=O) groups excluding carboxylic acids is 1. The molecule has 0 unspecified atom stereocenters. The molecule has 0 atom stereocenters. The molecule has 2 aromatic rings. The van der Waals surface area contributed by atoms with E-state index in [4.69, 9.17) is 5.26 Å². The molecule has 5 nitrogen and oxygen atoms in total. The number of aryl methyl sites for hydroxylation is 1. The van der Waals surface area contributed by atoms with E-state index < -0.39 is 0 Å². The van der Waals surface area contributed by atoms with Crippen molar-refractivity contribution in [3.63, 3.8) is 0 Å². The van der Waals surface area contributed by atoms with Gasteiger partial charge in [-0.3, -0.25) is 4.79 Å². The lowest BCUT2D eigenvalue weighted by atomic mass is 10.1. The minimum absolute atomic E-state index is 0.00375. The van der Waals surface area contributed by atoms with E-state index in [1.165, 1.54) is 6.92 Å². The van der Waals surface area contributed by atoms with Crippen molar-refractivity contribution >= 4 is 11.5 Å². The zero-order valence-electron chi connectivity index (χ0n) is 11.3. The number of benzene rings is 1. The van der Waals surface area contributed by atoms with Gasteiger partial charge in [0.05, 0.1) is 17.6 Å². The largest absolute Gasteiger partial charge is 0.384 e. The van der Waals surface area contributed by atoms with Crippen molar-refractivity contribution in [2.45, 2.75) is 19.9 Å². The fourth-order valence-electron chi connectivity index (χ4n) is 1.91. The molecule has 2 rings (SSSR count). The van der Waals surface area contributed by atoms with Crippen LogP contribution in [0.5, 0.6) is 0 Å². The third-order valence-corrected chi connectivity index (χ3v) is 3.01. The van der Waals surface area contributed by atoms with Crippen LogP contribution in [0, 0.1) is 11.3 Å². The second-order valence-corrected chi connectivity index (χ2v) is 4.51. The number of ketones is 1. The van der Waals surface area contributed by atoms with Crippen LogP contribution in [0.3, 0.4) is 0 Å². The average Bonchev–Trinajstić information content (AvgIpc) is 2.96. The van der Waals surface area contributed by atoms with E-state index in [1.807, 2.05) is 10.8 Å². The number of carbonyl (C=O) groups is 1. The fraction of sp³-hybridized carbons (Fsp3) is 0.267. The molecule has 0 aliphatic heterocycles. The van der Waals surface area contributed by atoms with E-state index in [-0.39, 0.29) is 5.78 Å². The van der Waals surface area contributed by atoms with Gasteiger partial charge < -0.3 is 9.88 Å². The monoisotopic (exact) mass is 268 g/mol. The van der Waals surface area contributed by atoms with Crippen LogP contribution < -0.4 is 5.32 Å². The molecule has 0 fully saturated rings. The summed E-state index contributed by atoms with van der Waals surface area (Å²) in [5, 5.41) is 12.3. The van der Waals surface area contributed by atoms with Crippen LogP contribution >= 0.6 is 0 Å². The van der Waals surface area contributed by atoms with Crippen molar-refractivity contribution in [2.24, 2.45) is 0 Å². The number of rotatable bonds is 6.